The molecule has 0 fully saturated rings. The van der Waals surface area contributed by atoms with Crippen LogP contribution in [0.25, 0.3) is 22.3 Å². The molecular weight excluding hydrogens is 341 g/mol. The SMILES string of the molecule is O=c1c(-c2ccncc2)c(-c2ccc(F)cc2)cnn1Cc1ccccc1. The lowest BCUT2D eigenvalue weighted by Crippen LogP contribution is -2.25. The zero-order valence-corrected chi connectivity index (χ0v) is 14.4. The Kier molecular flexibility index (Phi) is 4.58. The Balaban J connectivity index is 1.89. The van der Waals surface area contributed by atoms with Crippen LogP contribution in [0.3, 0.4) is 0 Å². The van der Waals surface area contributed by atoms with Crippen LogP contribution in [0.4, 0.5) is 4.39 Å². The normalized spacial score (nSPS) is 10.7. The monoisotopic (exact) mass is 357 g/mol. The molecule has 0 N–H and O–H groups in total. The third kappa shape index (κ3) is 3.53. The summed E-state index contributed by atoms with van der Waals surface area (Å²) < 4.78 is 14.8. The van der Waals surface area contributed by atoms with E-state index in [1.54, 1.807) is 42.9 Å². The molecule has 0 unspecified atom stereocenters. The number of hydrogen-bond donors (Lipinski definition) is 0. The third-order valence-electron chi connectivity index (χ3n) is 4.34. The fourth-order valence-corrected chi connectivity index (χ4v) is 3.00. The van der Waals surface area contributed by atoms with Crippen molar-refractivity contribution in [3.63, 3.8) is 0 Å². The molecule has 0 bridgehead atoms. The minimum atomic E-state index is -0.324. The predicted molar refractivity (Wildman–Crippen MR) is 103 cm³/mol. The second-order valence-electron chi connectivity index (χ2n) is 6.12. The van der Waals surface area contributed by atoms with Crippen LogP contribution in [0, 0.1) is 5.82 Å². The van der Waals surface area contributed by atoms with E-state index in [-0.39, 0.29) is 11.4 Å². The fourth-order valence-electron chi connectivity index (χ4n) is 3.00. The number of aromatic nitrogens is 3. The Morgan fingerprint density at radius 1 is 0.852 bits per heavy atom. The van der Waals surface area contributed by atoms with E-state index in [4.69, 9.17) is 0 Å². The molecule has 2 heterocycles. The summed E-state index contributed by atoms with van der Waals surface area (Å²) in [7, 11) is 0. The molecule has 4 rings (SSSR count). The van der Waals surface area contributed by atoms with Crippen molar-refractivity contribution in [1.82, 2.24) is 14.8 Å². The summed E-state index contributed by atoms with van der Waals surface area (Å²) in [5.74, 6) is -0.324. The van der Waals surface area contributed by atoms with Crippen LogP contribution < -0.4 is 5.56 Å². The highest BCUT2D eigenvalue weighted by atomic mass is 19.1. The number of rotatable bonds is 4. The van der Waals surface area contributed by atoms with Crippen LogP contribution in [0.5, 0.6) is 0 Å². The zero-order valence-electron chi connectivity index (χ0n) is 14.4. The summed E-state index contributed by atoms with van der Waals surface area (Å²) in [6.07, 6.45) is 4.95. The van der Waals surface area contributed by atoms with E-state index in [2.05, 4.69) is 10.1 Å². The molecule has 0 spiro atoms. The van der Waals surface area contributed by atoms with E-state index in [0.717, 1.165) is 16.7 Å². The Bertz CT molecular complexity index is 1110. The van der Waals surface area contributed by atoms with Gasteiger partial charge in [-0.1, -0.05) is 42.5 Å². The molecule has 0 radical (unpaired) electrons. The van der Waals surface area contributed by atoms with Gasteiger partial charge in [0.2, 0.25) is 0 Å². The van der Waals surface area contributed by atoms with Crippen molar-refractivity contribution in [3.8, 4) is 22.3 Å². The maximum Gasteiger partial charge on any atom is 0.275 e. The lowest BCUT2D eigenvalue weighted by Gasteiger charge is -2.13. The Hall–Kier alpha value is -3.60. The van der Waals surface area contributed by atoms with Crippen molar-refractivity contribution in [2.24, 2.45) is 0 Å². The Morgan fingerprint density at radius 3 is 2.26 bits per heavy atom. The van der Waals surface area contributed by atoms with Gasteiger partial charge in [0.15, 0.2) is 0 Å². The summed E-state index contributed by atoms with van der Waals surface area (Å²) in [5, 5.41) is 4.35. The van der Waals surface area contributed by atoms with Gasteiger partial charge < -0.3 is 0 Å². The minimum Gasteiger partial charge on any atom is -0.267 e. The maximum absolute atomic E-state index is 13.3. The number of pyridine rings is 1. The first kappa shape index (κ1) is 16.8. The van der Waals surface area contributed by atoms with Gasteiger partial charge in [-0.05, 0) is 41.0 Å². The van der Waals surface area contributed by atoms with E-state index < -0.39 is 0 Å². The topological polar surface area (TPSA) is 47.8 Å². The lowest BCUT2D eigenvalue weighted by molar-refractivity contribution is 0.628. The molecule has 0 aliphatic carbocycles. The van der Waals surface area contributed by atoms with E-state index >= 15 is 0 Å². The average Bonchev–Trinajstić information content (AvgIpc) is 2.71. The summed E-state index contributed by atoms with van der Waals surface area (Å²) >= 11 is 0. The first-order chi connectivity index (χ1) is 13.2. The highest BCUT2D eigenvalue weighted by molar-refractivity contribution is 5.81. The smallest absolute Gasteiger partial charge is 0.267 e. The molecule has 2 aromatic carbocycles. The number of hydrogen-bond acceptors (Lipinski definition) is 3. The van der Waals surface area contributed by atoms with Crippen LogP contribution in [0.15, 0.2) is 90.1 Å². The van der Waals surface area contributed by atoms with Crippen molar-refractivity contribution in [3.05, 3.63) is 107 Å². The first-order valence-electron chi connectivity index (χ1n) is 8.53. The van der Waals surface area contributed by atoms with Crippen molar-refractivity contribution in [1.29, 1.82) is 0 Å². The molecule has 27 heavy (non-hydrogen) atoms. The van der Waals surface area contributed by atoms with Crippen molar-refractivity contribution < 1.29 is 4.39 Å². The van der Waals surface area contributed by atoms with Crippen molar-refractivity contribution >= 4 is 0 Å². The van der Waals surface area contributed by atoms with Gasteiger partial charge in [0.25, 0.3) is 5.56 Å². The van der Waals surface area contributed by atoms with Crippen LogP contribution in [0.2, 0.25) is 0 Å². The summed E-state index contributed by atoms with van der Waals surface area (Å²) in [6, 6.07) is 19.3. The van der Waals surface area contributed by atoms with Gasteiger partial charge in [-0.25, -0.2) is 9.07 Å². The second kappa shape index (κ2) is 7.33. The molecule has 5 heteroatoms. The Labute approximate surface area is 155 Å². The standard InChI is InChI=1S/C22H16FN3O/c23-19-8-6-17(7-9-19)20-14-25-26(15-16-4-2-1-3-5-16)22(27)21(20)18-10-12-24-13-11-18/h1-14H,15H2. The van der Waals surface area contributed by atoms with E-state index in [1.165, 1.54) is 16.8 Å². The molecule has 0 atom stereocenters. The molecule has 4 nitrogen and oxygen atoms in total. The minimum absolute atomic E-state index is 0.202. The van der Waals surface area contributed by atoms with Crippen LogP contribution >= 0.6 is 0 Å². The predicted octanol–water partition coefficient (Wildman–Crippen LogP) is 4.16. The first-order valence-corrected chi connectivity index (χ1v) is 8.53. The molecule has 132 valence electrons. The number of halogens is 1. The van der Waals surface area contributed by atoms with Gasteiger partial charge in [0.05, 0.1) is 18.3 Å². The molecule has 4 aromatic rings. The quantitative estimate of drug-likeness (QED) is 0.551. The molecule has 0 saturated carbocycles. The third-order valence-corrected chi connectivity index (χ3v) is 4.34. The summed E-state index contributed by atoms with van der Waals surface area (Å²) in [6.45, 7) is 0.376. The van der Waals surface area contributed by atoms with Crippen LogP contribution in [0.1, 0.15) is 5.56 Å². The van der Waals surface area contributed by atoms with Gasteiger partial charge in [0, 0.05) is 18.0 Å². The zero-order chi connectivity index (χ0) is 18.6. The van der Waals surface area contributed by atoms with Gasteiger partial charge in [-0.2, -0.15) is 5.10 Å². The Morgan fingerprint density at radius 2 is 1.56 bits per heavy atom. The number of benzene rings is 2. The van der Waals surface area contributed by atoms with E-state index in [1.807, 2.05) is 30.3 Å². The highest BCUT2D eigenvalue weighted by Crippen LogP contribution is 2.28. The maximum atomic E-state index is 13.3. The lowest BCUT2D eigenvalue weighted by atomic mass is 9.98. The average molecular weight is 357 g/mol. The highest BCUT2D eigenvalue weighted by Gasteiger charge is 2.15. The van der Waals surface area contributed by atoms with E-state index in [9.17, 15) is 9.18 Å². The van der Waals surface area contributed by atoms with Gasteiger partial charge >= 0.3 is 0 Å². The molecular formula is C22H16FN3O. The fraction of sp³-hybridized carbons (Fsp3) is 0.0455. The molecule has 0 saturated heterocycles. The van der Waals surface area contributed by atoms with E-state index in [0.29, 0.717) is 17.7 Å². The molecule has 2 aromatic heterocycles. The molecule has 0 aliphatic rings. The summed E-state index contributed by atoms with van der Waals surface area (Å²) in [4.78, 5) is 17.3. The van der Waals surface area contributed by atoms with Gasteiger partial charge in [-0.15, -0.1) is 0 Å². The van der Waals surface area contributed by atoms with Gasteiger partial charge in [-0.3, -0.25) is 9.78 Å². The second-order valence-corrected chi connectivity index (χ2v) is 6.12. The van der Waals surface area contributed by atoms with Crippen molar-refractivity contribution in [2.45, 2.75) is 6.54 Å². The summed E-state index contributed by atoms with van der Waals surface area (Å²) in [5.41, 5.74) is 3.46. The van der Waals surface area contributed by atoms with Crippen molar-refractivity contribution in [2.75, 3.05) is 0 Å². The molecule has 0 aliphatic heterocycles. The van der Waals surface area contributed by atoms with Crippen LogP contribution in [-0.4, -0.2) is 14.8 Å². The largest absolute Gasteiger partial charge is 0.275 e. The number of nitrogens with zero attached hydrogens (tertiary/aromatic N) is 3. The van der Waals surface area contributed by atoms with Gasteiger partial charge in [0.1, 0.15) is 5.82 Å². The molecule has 0 amide bonds. The van der Waals surface area contributed by atoms with Crippen LogP contribution in [-0.2, 0) is 6.54 Å².